The van der Waals surface area contributed by atoms with Crippen LogP contribution in [0.15, 0.2) is 70.9 Å². The summed E-state index contributed by atoms with van der Waals surface area (Å²) in [6.07, 6.45) is 10.9. The van der Waals surface area contributed by atoms with Crippen molar-refractivity contribution in [3.05, 3.63) is 72.6 Å². The van der Waals surface area contributed by atoms with Gasteiger partial charge < -0.3 is 29.2 Å². The normalized spacial score (nSPS) is 24.3. The van der Waals surface area contributed by atoms with Crippen molar-refractivity contribution in [1.29, 1.82) is 0 Å². The summed E-state index contributed by atoms with van der Waals surface area (Å²) in [6.45, 7) is 7.85. The highest BCUT2D eigenvalue weighted by atomic mass is 16.5. The van der Waals surface area contributed by atoms with Gasteiger partial charge in [-0.05, 0) is 84.5 Å². The fraction of sp³-hybridized carbons (Fsp3) is 0.478. The molecule has 2 aliphatic heterocycles. The number of methoxy groups -OCH3 is 2. The quantitative estimate of drug-likeness (QED) is 0.142. The lowest BCUT2D eigenvalue weighted by Gasteiger charge is -2.39. The van der Waals surface area contributed by atoms with Crippen molar-refractivity contribution >= 4 is 36.4 Å². The Morgan fingerprint density at radius 2 is 0.983 bits per heavy atom. The number of rotatable bonds is 11. The third-order valence-electron chi connectivity index (χ3n) is 13.3. The third kappa shape index (κ3) is 7.79. The highest BCUT2D eigenvalue weighted by Gasteiger charge is 2.52. The topological polar surface area (TPSA) is 175 Å². The molecule has 60 heavy (non-hydrogen) atoms. The molecule has 8 atom stereocenters. The molecule has 2 unspecified atom stereocenters. The number of hydrogen-bond donors (Lipinski definition) is 2. The number of aromatic nitrogens is 4. The minimum atomic E-state index is -0.715. The number of ether oxygens (including phenoxy) is 2. The van der Waals surface area contributed by atoms with Crippen LogP contribution in [0.5, 0.6) is 0 Å². The van der Waals surface area contributed by atoms with Gasteiger partial charge in [0, 0.05) is 24.5 Å². The lowest BCUT2D eigenvalue weighted by atomic mass is 9.79. The molecule has 0 spiro atoms. The second-order valence-electron chi connectivity index (χ2n) is 17.4. The van der Waals surface area contributed by atoms with Gasteiger partial charge in [0.2, 0.25) is 11.8 Å². The molecule has 2 saturated heterocycles. The maximum atomic E-state index is 14.0. The van der Waals surface area contributed by atoms with Gasteiger partial charge in [-0.25, -0.2) is 19.6 Å². The van der Waals surface area contributed by atoms with Crippen molar-refractivity contribution in [1.82, 2.24) is 29.7 Å². The van der Waals surface area contributed by atoms with Crippen molar-refractivity contribution in [2.45, 2.75) is 90.4 Å². The van der Waals surface area contributed by atoms with Crippen LogP contribution in [0.3, 0.4) is 0 Å². The predicted octanol–water partition coefficient (Wildman–Crippen LogP) is 8.46. The Labute approximate surface area is 350 Å². The summed E-state index contributed by atoms with van der Waals surface area (Å²) in [7, 11) is 2.55. The first kappa shape index (κ1) is 40.8. The van der Waals surface area contributed by atoms with Crippen molar-refractivity contribution in [2.24, 2.45) is 45.5 Å². The molecule has 4 aromatic rings. The standard InChI is InChI=1S/C46H54N8O6/c1-25(2)33(21-49-45(57)59-5)43(55)53-37-17-15-31(37)19-39(53)41-47-23-35(51-41)29-11-7-27(8-12-29)28-9-13-30(14-10-28)36-24-48-42(52-36)40-20-32-16-18-38(32)54(40)44(56)34(26(3)4)22-50-46(58)60-6/h7-14,21-26,31-34,37-40H,15-20H2,1-6H3,(H,47,51)(H,48,52)/b49-21+,50-22+/t31-,32-,33?,34?,37-,38-,39+,40+/m1/s1. The summed E-state index contributed by atoms with van der Waals surface area (Å²) in [5.74, 6) is 1.18. The summed E-state index contributed by atoms with van der Waals surface area (Å²) in [4.78, 5) is 79.9. The molecule has 4 fully saturated rings. The lowest BCUT2D eigenvalue weighted by molar-refractivity contribution is -0.140. The molecule has 2 saturated carbocycles. The smallest absolute Gasteiger partial charge is 0.432 e. The molecule has 2 N–H and O–H groups in total. The Morgan fingerprint density at radius 3 is 1.30 bits per heavy atom. The second kappa shape index (κ2) is 17.0. The molecule has 0 bridgehead atoms. The summed E-state index contributed by atoms with van der Waals surface area (Å²) >= 11 is 0. The van der Waals surface area contributed by atoms with Crippen LogP contribution in [0, 0.1) is 35.5 Å². The van der Waals surface area contributed by atoms with Crippen LogP contribution in [0.1, 0.15) is 90.0 Å². The van der Waals surface area contributed by atoms with Gasteiger partial charge in [0.05, 0.1) is 61.9 Å². The molecular formula is C46H54N8O6. The number of likely N-dealkylation sites (tertiary alicyclic amines) is 2. The van der Waals surface area contributed by atoms with E-state index < -0.39 is 24.0 Å². The van der Waals surface area contributed by atoms with E-state index in [2.05, 4.69) is 78.0 Å². The van der Waals surface area contributed by atoms with Crippen molar-refractivity contribution < 1.29 is 28.7 Å². The molecule has 14 nitrogen and oxygen atoms in total. The Morgan fingerprint density at radius 1 is 0.617 bits per heavy atom. The number of carbonyl (C=O) groups excluding carboxylic acids is 4. The molecule has 2 aromatic carbocycles. The number of amides is 4. The van der Waals surface area contributed by atoms with Crippen LogP contribution in [-0.4, -0.2) is 92.5 Å². The van der Waals surface area contributed by atoms with Crippen LogP contribution in [0.4, 0.5) is 9.59 Å². The third-order valence-corrected chi connectivity index (χ3v) is 13.3. The van der Waals surface area contributed by atoms with Gasteiger partial charge in [0.25, 0.3) is 0 Å². The largest absolute Gasteiger partial charge is 0.451 e. The Bertz CT molecular complexity index is 2120. The van der Waals surface area contributed by atoms with E-state index in [0.717, 1.165) is 83.8 Å². The molecule has 8 rings (SSSR count). The van der Waals surface area contributed by atoms with Crippen molar-refractivity contribution in [3.63, 3.8) is 0 Å². The average Bonchev–Trinajstić information content (AvgIpc) is 4.02. The number of H-pyrrole nitrogens is 2. The highest BCUT2D eigenvalue weighted by molar-refractivity contribution is 5.98. The summed E-state index contributed by atoms with van der Waals surface area (Å²) in [5.41, 5.74) is 5.88. The fourth-order valence-corrected chi connectivity index (χ4v) is 9.53. The Balaban J connectivity index is 0.945. The van der Waals surface area contributed by atoms with E-state index in [0.29, 0.717) is 11.8 Å². The van der Waals surface area contributed by atoms with Gasteiger partial charge >= 0.3 is 12.2 Å². The number of hydrogen-bond acceptors (Lipinski definition) is 8. The second-order valence-corrected chi connectivity index (χ2v) is 17.4. The molecule has 2 aliphatic carbocycles. The lowest BCUT2D eigenvalue weighted by Crippen LogP contribution is -2.47. The van der Waals surface area contributed by atoms with E-state index in [1.54, 1.807) is 0 Å². The zero-order valence-corrected chi connectivity index (χ0v) is 35.1. The fourth-order valence-electron chi connectivity index (χ4n) is 9.53. The molecule has 4 aliphatic rings. The molecule has 314 valence electrons. The van der Waals surface area contributed by atoms with E-state index in [9.17, 15) is 19.2 Å². The number of nitrogens with zero attached hydrogens (tertiary/aromatic N) is 6. The monoisotopic (exact) mass is 814 g/mol. The first-order valence-electron chi connectivity index (χ1n) is 21.1. The van der Waals surface area contributed by atoms with Crippen LogP contribution >= 0.6 is 0 Å². The molecule has 4 amide bonds. The Hall–Kier alpha value is -5.92. The zero-order chi connectivity index (χ0) is 42.2. The number of aliphatic imine (C=N–C) groups is 2. The van der Waals surface area contributed by atoms with Gasteiger partial charge in [0.15, 0.2) is 0 Å². The van der Waals surface area contributed by atoms with Gasteiger partial charge in [-0.15, -0.1) is 0 Å². The summed E-state index contributed by atoms with van der Waals surface area (Å²) in [5, 5.41) is 0. The van der Waals surface area contributed by atoms with Gasteiger partial charge in [0.1, 0.15) is 11.6 Å². The predicted molar refractivity (Wildman–Crippen MR) is 227 cm³/mol. The highest BCUT2D eigenvalue weighted by Crippen LogP contribution is 2.51. The van der Waals surface area contributed by atoms with E-state index in [4.69, 9.17) is 9.97 Å². The number of benzene rings is 2. The Kier molecular flexibility index (Phi) is 11.6. The summed E-state index contributed by atoms with van der Waals surface area (Å²) in [6, 6.07) is 16.7. The van der Waals surface area contributed by atoms with Crippen molar-refractivity contribution in [2.75, 3.05) is 14.2 Å². The minimum Gasteiger partial charge on any atom is -0.451 e. The van der Waals surface area contributed by atoms with Gasteiger partial charge in [-0.1, -0.05) is 76.2 Å². The van der Waals surface area contributed by atoms with Crippen LogP contribution in [0.25, 0.3) is 33.6 Å². The maximum absolute atomic E-state index is 14.0. The molecule has 0 radical (unpaired) electrons. The van der Waals surface area contributed by atoms with Crippen LogP contribution in [0.2, 0.25) is 0 Å². The first-order chi connectivity index (χ1) is 28.9. The minimum absolute atomic E-state index is 0.0315. The number of imidazole rings is 2. The van der Waals surface area contributed by atoms with Gasteiger partial charge in [-0.3, -0.25) is 9.59 Å². The SMILES string of the molecule is COC(=O)/N=C/C(C(=O)N1[C@@H]2CC[C@@H]2C[C@H]1c1ncc(-c2ccc(-c3ccc(-c4cnc([C@@H]5C[C@H]6CC[C@H]6N5C(=O)C(/C=N/C(=O)OC)C(C)C)[nH]4)cc3)cc2)[nH]1)C(C)C. The summed E-state index contributed by atoms with van der Waals surface area (Å²) < 4.78 is 9.35. The number of aromatic amines is 2. The van der Waals surface area contributed by atoms with E-state index in [1.165, 1.54) is 26.6 Å². The van der Waals surface area contributed by atoms with E-state index >= 15 is 0 Å². The van der Waals surface area contributed by atoms with Crippen LogP contribution < -0.4 is 0 Å². The maximum Gasteiger partial charge on any atom is 0.432 e. The molecule has 4 heterocycles. The molecule has 14 heteroatoms. The average molecular weight is 815 g/mol. The van der Waals surface area contributed by atoms with E-state index in [-0.39, 0.29) is 47.8 Å². The number of fused-ring (bicyclic) bond motifs is 2. The molecule has 2 aromatic heterocycles. The van der Waals surface area contributed by atoms with Crippen LogP contribution in [-0.2, 0) is 19.1 Å². The number of nitrogens with one attached hydrogen (secondary N) is 2. The van der Waals surface area contributed by atoms with Crippen molar-refractivity contribution in [3.8, 4) is 33.6 Å². The molecular weight excluding hydrogens is 761 g/mol. The zero-order valence-electron chi connectivity index (χ0n) is 35.1. The van der Waals surface area contributed by atoms with Gasteiger partial charge in [-0.2, -0.15) is 9.98 Å². The van der Waals surface area contributed by atoms with E-state index in [1.807, 2.05) is 49.9 Å². The number of carbonyl (C=O) groups is 4. The first-order valence-corrected chi connectivity index (χ1v) is 21.1.